The zero-order valence-electron chi connectivity index (χ0n) is 13.3. The summed E-state index contributed by atoms with van der Waals surface area (Å²) in [5, 5.41) is 2.83. The third-order valence-electron chi connectivity index (χ3n) is 3.17. The molecule has 4 nitrogen and oxygen atoms in total. The van der Waals surface area contributed by atoms with Gasteiger partial charge in [-0.1, -0.05) is 38.5 Å². The molecule has 0 atom stereocenters. The molecule has 0 aliphatic rings. The highest BCUT2D eigenvalue weighted by Gasteiger charge is 2.09. The summed E-state index contributed by atoms with van der Waals surface area (Å²) < 4.78 is 5.27. The molecular formula is C17H26N2O2. The topological polar surface area (TPSA) is 41.6 Å². The van der Waals surface area contributed by atoms with Crippen LogP contribution in [-0.2, 0) is 0 Å². The summed E-state index contributed by atoms with van der Waals surface area (Å²) in [5.41, 5.74) is 0.941. The van der Waals surface area contributed by atoms with Crippen molar-refractivity contribution in [3.8, 4) is 5.75 Å². The van der Waals surface area contributed by atoms with Crippen LogP contribution in [0.2, 0.25) is 0 Å². The van der Waals surface area contributed by atoms with Gasteiger partial charge in [0, 0.05) is 24.9 Å². The lowest BCUT2D eigenvalue weighted by Gasteiger charge is -2.21. The van der Waals surface area contributed by atoms with Crippen LogP contribution < -0.4 is 10.1 Å². The zero-order chi connectivity index (χ0) is 15.5. The van der Waals surface area contributed by atoms with E-state index in [2.05, 4.69) is 19.2 Å². The molecule has 0 aliphatic carbocycles. The number of nitrogens with zero attached hydrogens (tertiary/aromatic N) is 1. The van der Waals surface area contributed by atoms with Crippen molar-refractivity contribution in [2.24, 2.45) is 0 Å². The minimum absolute atomic E-state index is 0.0450. The SMILES string of the molecule is CCCCN(CCC)C(=O)N/C=C/c1ccccc1OC. The number of hydrogen-bond donors (Lipinski definition) is 1. The van der Waals surface area contributed by atoms with Crippen molar-refractivity contribution >= 4 is 12.1 Å². The lowest BCUT2D eigenvalue weighted by molar-refractivity contribution is 0.200. The zero-order valence-corrected chi connectivity index (χ0v) is 13.3. The summed E-state index contributed by atoms with van der Waals surface area (Å²) in [4.78, 5) is 14.0. The third kappa shape index (κ3) is 5.90. The van der Waals surface area contributed by atoms with E-state index < -0.39 is 0 Å². The highest BCUT2D eigenvalue weighted by Crippen LogP contribution is 2.18. The van der Waals surface area contributed by atoms with Crippen molar-refractivity contribution in [3.63, 3.8) is 0 Å². The van der Waals surface area contributed by atoms with Crippen molar-refractivity contribution in [1.29, 1.82) is 0 Å². The molecule has 0 bridgehead atoms. The van der Waals surface area contributed by atoms with E-state index in [1.54, 1.807) is 13.3 Å². The first-order valence-corrected chi connectivity index (χ1v) is 7.57. The standard InChI is InChI=1S/C17H26N2O2/c1-4-6-14-19(13-5-2)17(20)18-12-11-15-9-7-8-10-16(15)21-3/h7-12H,4-6,13-14H2,1-3H3,(H,18,20)/b12-11+. The van der Waals surface area contributed by atoms with E-state index in [0.29, 0.717) is 0 Å². The number of para-hydroxylation sites is 1. The van der Waals surface area contributed by atoms with Gasteiger partial charge in [-0.05, 0) is 25.0 Å². The quantitative estimate of drug-likeness (QED) is 0.789. The average Bonchev–Trinajstić information content (AvgIpc) is 2.51. The second-order valence-electron chi connectivity index (χ2n) is 4.87. The van der Waals surface area contributed by atoms with Crippen molar-refractivity contribution in [2.75, 3.05) is 20.2 Å². The van der Waals surface area contributed by atoms with Gasteiger partial charge in [0.15, 0.2) is 0 Å². The Morgan fingerprint density at radius 1 is 1.24 bits per heavy atom. The van der Waals surface area contributed by atoms with Gasteiger partial charge in [-0.3, -0.25) is 0 Å². The summed E-state index contributed by atoms with van der Waals surface area (Å²) in [6.45, 7) is 5.80. The van der Waals surface area contributed by atoms with E-state index in [1.807, 2.05) is 35.2 Å². The Bertz CT molecular complexity index is 458. The number of benzene rings is 1. The molecular weight excluding hydrogens is 264 g/mol. The van der Waals surface area contributed by atoms with E-state index in [-0.39, 0.29) is 6.03 Å². The van der Waals surface area contributed by atoms with Crippen LogP contribution in [0.25, 0.3) is 6.08 Å². The maximum Gasteiger partial charge on any atom is 0.321 e. The van der Waals surface area contributed by atoms with E-state index in [9.17, 15) is 4.79 Å². The maximum absolute atomic E-state index is 12.1. The summed E-state index contributed by atoms with van der Waals surface area (Å²) in [6.07, 6.45) is 6.61. The van der Waals surface area contributed by atoms with Crippen molar-refractivity contribution in [2.45, 2.75) is 33.1 Å². The monoisotopic (exact) mass is 290 g/mol. The maximum atomic E-state index is 12.1. The van der Waals surface area contributed by atoms with Crippen LogP contribution >= 0.6 is 0 Å². The molecule has 0 aliphatic heterocycles. The molecule has 0 heterocycles. The number of methoxy groups -OCH3 is 1. The molecule has 1 rings (SSSR count). The number of nitrogens with one attached hydrogen (secondary N) is 1. The molecule has 0 saturated carbocycles. The number of carbonyl (C=O) groups excluding carboxylic acids is 1. The Kier molecular flexibility index (Phi) is 8.02. The van der Waals surface area contributed by atoms with Crippen LogP contribution in [0.4, 0.5) is 4.79 Å². The normalized spacial score (nSPS) is 10.6. The van der Waals surface area contributed by atoms with E-state index >= 15 is 0 Å². The van der Waals surface area contributed by atoms with Crippen LogP contribution in [0, 0.1) is 0 Å². The molecule has 0 fully saturated rings. The van der Waals surface area contributed by atoms with E-state index in [1.165, 1.54) is 0 Å². The number of ether oxygens (including phenoxy) is 1. The van der Waals surface area contributed by atoms with Crippen LogP contribution in [0.3, 0.4) is 0 Å². The first kappa shape index (κ1) is 17.1. The summed E-state index contributed by atoms with van der Waals surface area (Å²) in [6, 6.07) is 7.66. The Balaban J connectivity index is 2.58. The van der Waals surface area contributed by atoms with Crippen LogP contribution in [0.5, 0.6) is 5.75 Å². The Morgan fingerprint density at radius 3 is 2.67 bits per heavy atom. The number of urea groups is 1. The van der Waals surface area contributed by atoms with Gasteiger partial charge >= 0.3 is 6.03 Å². The molecule has 1 N–H and O–H groups in total. The fourth-order valence-corrected chi connectivity index (χ4v) is 2.03. The molecule has 0 radical (unpaired) electrons. The Hall–Kier alpha value is -1.97. The van der Waals surface area contributed by atoms with Gasteiger partial charge in [0.2, 0.25) is 0 Å². The number of carbonyl (C=O) groups is 1. The second kappa shape index (κ2) is 9.86. The summed E-state index contributed by atoms with van der Waals surface area (Å²) in [5.74, 6) is 0.791. The predicted octanol–water partition coefficient (Wildman–Crippen LogP) is 3.89. The molecule has 0 aromatic heterocycles. The summed E-state index contributed by atoms with van der Waals surface area (Å²) >= 11 is 0. The molecule has 0 spiro atoms. The number of hydrogen-bond acceptors (Lipinski definition) is 2. The van der Waals surface area contributed by atoms with Crippen molar-refractivity contribution in [3.05, 3.63) is 36.0 Å². The molecule has 1 aromatic rings. The van der Waals surface area contributed by atoms with Gasteiger partial charge in [-0.15, -0.1) is 0 Å². The molecule has 2 amide bonds. The third-order valence-corrected chi connectivity index (χ3v) is 3.17. The van der Waals surface area contributed by atoms with Gasteiger partial charge in [0.25, 0.3) is 0 Å². The van der Waals surface area contributed by atoms with Crippen molar-refractivity contribution < 1.29 is 9.53 Å². The largest absolute Gasteiger partial charge is 0.496 e. The summed E-state index contributed by atoms with van der Waals surface area (Å²) in [7, 11) is 1.64. The number of unbranched alkanes of at least 4 members (excludes halogenated alkanes) is 1. The van der Waals surface area contributed by atoms with Crippen molar-refractivity contribution in [1.82, 2.24) is 10.2 Å². The van der Waals surface area contributed by atoms with Gasteiger partial charge in [0.05, 0.1) is 7.11 Å². The molecule has 116 valence electrons. The highest BCUT2D eigenvalue weighted by molar-refractivity contribution is 5.76. The van der Waals surface area contributed by atoms with Crippen LogP contribution in [-0.4, -0.2) is 31.1 Å². The highest BCUT2D eigenvalue weighted by atomic mass is 16.5. The van der Waals surface area contributed by atoms with Gasteiger partial charge in [0.1, 0.15) is 5.75 Å². The lowest BCUT2D eigenvalue weighted by atomic mass is 10.2. The van der Waals surface area contributed by atoms with Gasteiger partial charge < -0.3 is 15.0 Å². The first-order chi connectivity index (χ1) is 10.2. The van der Waals surface area contributed by atoms with Gasteiger partial charge in [-0.25, -0.2) is 4.79 Å². The first-order valence-electron chi connectivity index (χ1n) is 7.57. The predicted molar refractivity (Wildman–Crippen MR) is 87.3 cm³/mol. The molecule has 4 heteroatoms. The van der Waals surface area contributed by atoms with Crippen LogP contribution in [0.15, 0.2) is 30.5 Å². The minimum Gasteiger partial charge on any atom is -0.496 e. The smallest absolute Gasteiger partial charge is 0.321 e. The fraction of sp³-hybridized carbons (Fsp3) is 0.471. The van der Waals surface area contributed by atoms with E-state index in [4.69, 9.17) is 4.74 Å². The molecule has 1 aromatic carbocycles. The average molecular weight is 290 g/mol. The second-order valence-corrected chi connectivity index (χ2v) is 4.87. The lowest BCUT2D eigenvalue weighted by Crippen LogP contribution is -2.38. The fourth-order valence-electron chi connectivity index (χ4n) is 2.03. The minimum atomic E-state index is -0.0450. The molecule has 0 unspecified atom stereocenters. The number of amides is 2. The van der Waals surface area contributed by atoms with Gasteiger partial charge in [-0.2, -0.15) is 0 Å². The molecule has 21 heavy (non-hydrogen) atoms. The molecule has 0 saturated heterocycles. The number of rotatable bonds is 8. The Labute approximate surface area is 127 Å². The van der Waals surface area contributed by atoms with Crippen LogP contribution in [0.1, 0.15) is 38.7 Å². The van der Waals surface area contributed by atoms with E-state index in [0.717, 1.165) is 43.7 Å². The Morgan fingerprint density at radius 2 is 2.00 bits per heavy atom.